The Kier molecular flexibility index (Phi) is 3.73. The van der Waals surface area contributed by atoms with Crippen molar-refractivity contribution in [3.63, 3.8) is 0 Å². The summed E-state index contributed by atoms with van der Waals surface area (Å²) in [4.78, 5) is 12.3. The Bertz CT molecular complexity index is 544. The van der Waals surface area contributed by atoms with Gasteiger partial charge in [0.2, 0.25) is 0 Å². The highest BCUT2D eigenvalue weighted by atomic mass is 35.5. The molecule has 0 heterocycles. The number of hydrogen-bond donors (Lipinski definition) is 0. The van der Waals surface area contributed by atoms with Crippen LogP contribution >= 0.6 is 11.6 Å². The van der Waals surface area contributed by atoms with Crippen molar-refractivity contribution < 1.29 is 4.79 Å². The highest BCUT2D eigenvalue weighted by molar-refractivity contribution is 6.27. The third kappa shape index (κ3) is 2.63. The summed E-state index contributed by atoms with van der Waals surface area (Å²) in [5.41, 5.74) is 3.59. The van der Waals surface area contributed by atoms with E-state index in [4.69, 9.17) is 11.6 Å². The number of hydrogen-bond acceptors (Lipinski definition) is 1. The Balaban J connectivity index is 2.44. The molecular formula is C15H11ClO. The standard InChI is InChI=1S/C15H11ClO/c16-11-10-12-6-4-5-9-14(12)15(17)13-7-2-1-3-8-13/h1-11H. The van der Waals surface area contributed by atoms with Gasteiger partial charge in [0, 0.05) is 16.7 Å². The Labute approximate surface area is 105 Å². The van der Waals surface area contributed by atoms with Crippen molar-refractivity contribution in [1.82, 2.24) is 0 Å². The van der Waals surface area contributed by atoms with E-state index in [1.807, 2.05) is 54.6 Å². The lowest BCUT2D eigenvalue weighted by atomic mass is 9.98. The number of carbonyl (C=O) groups is 1. The van der Waals surface area contributed by atoms with E-state index in [1.165, 1.54) is 5.54 Å². The number of carbonyl (C=O) groups excluding carboxylic acids is 1. The van der Waals surface area contributed by atoms with Crippen molar-refractivity contribution in [2.75, 3.05) is 0 Å². The summed E-state index contributed by atoms with van der Waals surface area (Å²) in [6.45, 7) is 0. The van der Waals surface area contributed by atoms with Gasteiger partial charge in [0.25, 0.3) is 0 Å². The smallest absolute Gasteiger partial charge is 0.193 e. The van der Waals surface area contributed by atoms with E-state index in [1.54, 1.807) is 6.08 Å². The van der Waals surface area contributed by atoms with E-state index in [-0.39, 0.29) is 5.78 Å². The zero-order valence-corrected chi connectivity index (χ0v) is 9.89. The summed E-state index contributed by atoms with van der Waals surface area (Å²) in [6, 6.07) is 16.6. The van der Waals surface area contributed by atoms with Crippen LogP contribution in [-0.4, -0.2) is 5.78 Å². The van der Waals surface area contributed by atoms with Crippen molar-refractivity contribution in [3.05, 3.63) is 76.8 Å². The Morgan fingerprint density at radius 1 is 0.941 bits per heavy atom. The third-order valence-corrected chi connectivity index (χ3v) is 2.61. The molecule has 1 nitrogen and oxygen atoms in total. The second-order valence-corrected chi connectivity index (χ2v) is 3.83. The fraction of sp³-hybridized carbons (Fsp3) is 0. The number of ketones is 1. The molecule has 2 aromatic rings. The SMILES string of the molecule is O=C(c1ccccc1)c1ccccc1C=CCl. The molecule has 0 unspecified atom stereocenters. The van der Waals surface area contributed by atoms with Crippen LogP contribution in [0.25, 0.3) is 6.08 Å². The van der Waals surface area contributed by atoms with Gasteiger partial charge in [0.15, 0.2) is 5.78 Å². The van der Waals surface area contributed by atoms with E-state index < -0.39 is 0 Å². The molecule has 0 atom stereocenters. The largest absolute Gasteiger partial charge is 0.289 e. The minimum atomic E-state index is 0.0102. The van der Waals surface area contributed by atoms with Crippen LogP contribution in [0.2, 0.25) is 0 Å². The average Bonchev–Trinajstić information content (AvgIpc) is 2.40. The lowest BCUT2D eigenvalue weighted by Crippen LogP contribution is -2.02. The van der Waals surface area contributed by atoms with Crippen LogP contribution in [0.5, 0.6) is 0 Å². The molecular weight excluding hydrogens is 232 g/mol. The Morgan fingerprint density at radius 3 is 2.29 bits per heavy atom. The number of halogens is 1. The molecule has 17 heavy (non-hydrogen) atoms. The summed E-state index contributed by atoms with van der Waals surface area (Å²) >= 11 is 5.57. The van der Waals surface area contributed by atoms with Gasteiger partial charge < -0.3 is 0 Å². The first-order chi connectivity index (χ1) is 8.33. The van der Waals surface area contributed by atoms with Gasteiger partial charge in [-0.15, -0.1) is 0 Å². The van der Waals surface area contributed by atoms with Crippen LogP contribution < -0.4 is 0 Å². The topological polar surface area (TPSA) is 17.1 Å². The summed E-state index contributed by atoms with van der Waals surface area (Å²) < 4.78 is 0. The average molecular weight is 243 g/mol. The van der Waals surface area contributed by atoms with Crippen molar-refractivity contribution in [3.8, 4) is 0 Å². The van der Waals surface area contributed by atoms with Crippen molar-refractivity contribution in [2.45, 2.75) is 0 Å². The van der Waals surface area contributed by atoms with Gasteiger partial charge in [-0.3, -0.25) is 4.79 Å². The van der Waals surface area contributed by atoms with Gasteiger partial charge in [-0.05, 0) is 11.6 Å². The summed E-state index contributed by atoms with van der Waals surface area (Å²) in [7, 11) is 0. The molecule has 0 N–H and O–H groups in total. The van der Waals surface area contributed by atoms with E-state index >= 15 is 0 Å². The molecule has 0 amide bonds. The minimum absolute atomic E-state index is 0.0102. The van der Waals surface area contributed by atoms with Gasteiger partial charge in [-0.25, -0.2) is 0 Å². The van der Waals surface area contributed by atoms with Crippen molar-refractivity contribution in [1.29, 1.82) is 0 Å². The summed E-state index contributed by atoms with van der Waals surface area (Å²) in [6.07, 6.45) is 1.72. The van der Waals surface area contributed by atoms with Gasteiger partial charge in [-0.1, -0.05) is 66.2 Å². The monoisotopic (exact) mass is 242 g/mol. The molecule has 84 valence electrons. The molecule has 0 aromatic heterocycles. The molecule has 0 saturated carbocycles. The molecule has 0 aliphatic carbocycles. The van der Waals surface area contributed by atoms with Crippen molar-refractivity contribution >= 4 is 23.5 Å². The molecule has 0 radical (unpaired) electrons. The maximum absolute atomic E-state index is 12.3. The van der Waals surface area contributed by atoms with Gasteiger partial charge >= 0.3 is 0 Å². The van der Waals surface area contributed by atoms with Crippen LogP contribution in [0, 0.1) is 0 Å². The predicted octanol–water partition coefficient (Wildman–Crippen LogP) is 4.13. The Hall–Kier alpha value is -1.86. The van der Waals surface area contributed by atoms with Crippen LogP contribution in [-0.2, 0) is 0 Å². The number of benzene rings is 2. The molecule has 2 rings (SSSR count). The quantitative estimate of drug-likeness (QED) is 0.740. The van der Waals surface area contributed by atoms with Crippen LogP contribution in [0.4, 0.5) is 0 Å². The second-order valence-electron chi connectivity index (χ2n) is 3.58. The molecule has 0 aliphatic heterocycles. The normalized spacial score (nSPS) is 10.6. The molecule has 0 aliphatic rings. The maximum Gasteiger partial charge on any atom is 0.193 e. The lowest BCUT2D eigenvalue weighted by Gasteiger charge is -2.04. The van der Waals surface area contributed by atoms with Crippen LogP contribution in [0.1, 0.15) is 21.5 Å². The van der Waals surface area contributed by atoms with Crippen LogP contribution in [0.3, 0.4) is 0 Å². The van der Waals surface area contributed by atoms with E-state index in [0.29, 0.717) is 11.1 Å². The summed E-state index contributed by atoms with van der Waals surface area (Å²) in [5.74, 6) is 0.0102. The second kappa shape index (κ2) is 5.46. The third-order valence-electron chi connectivity index (χ3n) is 2.48. The molecule has 0 fully saturated rings. The predicted molar refractivity (Wildman–Crippen MR) is 71.2 cm³/mol. The van der Waals surface area contributed by atoms with Crippen molar-refractivity contribution in [2.24, 2.45) is 0 Å². The van der Waals surface area contributed by atoms with E-state index in [0.717, 1.165) is 5.56 Å². The minimum Gasteiger partial charge on any atom is -0.289 e. The lowest BCUT2D eigenvalue weighted by molar-refractivity contribution is 0.103. The molecule has 2 heteroatoms. The summed E-state index contributed by atoms with van der Waals surface area (Å²) in [5, 5.41) is 0. The number of rotatable bonds is 3. The van der Waals surface area contributed by atoms with Crippen LogP contribution in [0.15, 0.2) is 60.1 Å². The first-order valence-electron chi connectivity index (χ1n) is 5.28. The highest BCUT2D eigenvalue weighted by Gasteiger charge is 2.10. The van der Waals surface area contributed by atoms with E-state index in [2.05, 4.69) is 0 Å². The maximum atomic E-state index is 12.3. The fourth-order valence-corrected chi connectivity index (χ4v) is 1.80. The zero-order chi connectivity index (χ0) is 12.1. The molecule has 0 saturated heterocycles. The highest BCUT2D eigenvalue weighted by Crippen LogP contribution is 2.16. The first kappa shape index (κ1) is 11.6. The molecule has 2 aromatic carbocycles. The Morgan fingerprint density at radius 2 is 1.59 bits per heavy atom. The zero-order valence-electron chi connectivity index (χ0n) is 9.14. The van der Waals surface area contributed by atoms with Gasteiger partial charge in [0.1, 0.15) is 0 Å². The molecule has 0 bridgehead atoms. The van der Waals surface area contributed by atoms with Gasteiger partial charge in [0.05, 0.1) is 0 Å². The first-order valence-corrected chi connectivity index (χ1v) is 5.72. The fourth-order valence-electron chi connectivity index (χ4n) is 1.66. The van der Waals surface area contributed by atoms with Gasteiger partial charge in [-0.2, -0.15) is 0 Å². The molecule has 0 spiro atoms. The van der Waals surface area contributed by atoms with E-state index in [9.17, 15) is 4.79 Å².